The lowest BCUT2D eigenvalue weighted by Crippen LogP contribution is -2.32. The summed E-state index contributed by atoms with van der Waals surface area (Å²) in [6, 6.07) is 11.9. The van der Waals surface area contributed by atoms with Gasteiger partial charge in [0.2, 0.25) is 5.82 Å². The van der Waals surface area contributed by atoms with Crippen LogP contribution in [0.1, 0.15) is 29.8 Å². The molecule has 0 aliphatic heterocycles. The van der Waals surface area contributed by atoms with Crippen molar-refractivity contribution in [3.63, 3.8) is 0 Å². The van der Waals surface area contributed by atoms with Crippen LogP contribution in [0.4, 0.5) is 11.5 Å². The van der Waals surface area contributed by atoms with Gasteiger partial charge in [0.05, 0.1) is 4.92 Å². The zero-order valence-corrected chi connectivity index (χ0v) is 16.3. The van der Waals surface area contributed by atoms with Crippen molar-refractivity contribution in [1.82, 2.24) is 14.3 Å². The first kappa shape index (κ1) is 20.0. The lowest BCUT2D eigenvalue weighted by molar-refractivity contribution is -0.385. The van der Waals surface area contributed by atoms with Crippen molar-refractivity contribution in [3.05, 3.63) is 80.3 Å². The van der Waals surface area contributed by atoms with E-state index in [9.17, 15) is 19.7 Å². The first-order chi connectivity index (χ1) is 13.8. The second-order valence-corrected chi connectivity index (χ2v) is 6.86. The molecule has 0 spiro atoms. The molecular formula is C20H21N5O4. The van der Waals surface area contributed by atoms with E-state index in [1.807, 2.05) is 13.8 Å². The average Bonchev–Trinajstić information content (AvgIpc) is 2.71. The number of rotatable bonds is 6. The monoisotopic (exact) mass is 395 g/mol. The summed E-state index contributed by atoms with van der Waals surface area (Å²) in [5.41, 5.74) is 0.291. The lowest BCUT2D eigenvalue weighted by atomic mass is 10.1. The van der Waals surface area contributed by atoms with Crippen molar-refractivity contribution >= 4 is 23.1 Å². The molecule has 150 valence electrons. The number of carbonyl (C=O) groups excluding carboxylic acids is 1. The summed E-state index contributed by atoms with van der Waals surface area (Å²) >= 11 is 0. The van der Waals surface area contributed by atoms with Crippen molar-refractivity contribution in [2.75, 3.05) is 12.4 Å². The second kappa shape index (κ2) is 8.09. The standard InChI is InChI=1S/C20H21N5O4/c1-13(2)23(3)19(26)15-9-7-14(8-10-15)12-21-18-17(25(28)29)20(27)24-11-5-4-6-16(24)22-18/h4-11,13,21H,12H2,1-3H3. The minimum Gasteiger partial charge on any atom is -0.360 e. The Kier molecular flexibility index (Phi) is 5.58. The van der Waals surface area contributed by atoms with Gasteiger partial charge in [-0.1, -0.05) is 18.2 Å². The molecule has 9 heteroatoms. The van der Waals surface area contributed by atoms with Gasteiger partial charge in [-0.05, 0) is 43.7 Å². The Morgan fingerprint density at radius 2 is 1.93 bits per heavy atom. The Labute approximate surface area is 166 Å². The van der Waals surface area contributed by atoms with E-state index < -0.39 is 16.2 Å². The summed E-state index contributed by atoms with van der Waals surface area (Å²) < 4.78 is 1.13. The smallest absolute Gasteiger partial charge is 0.360 e. The van der Waals surface area contributed by atoms with Crippen molar-refractivity contribution in [2.45, 2.75) is 26.4 Å². The maximum absolute atomic E-state index is 12.4. The van der Waals surface area contributed by atoms with Crippen LogP contribution in [0.15, 0.2) is 53.5 Å². The van der Waals surface area contributed by atoms with Gasteiger partial charge in [0.15, 0.2) is 0 Å². The van der Waals surface area contributed by atoms with E-state index in [2.05, 4.69) is 10.3 Å². The molecular weight excluding hydrogens is 374 g/mol. The van der Waals surface area contributed by atoms with Gasteiger partial charge >= 0.3 is 11.2 Å². The van der Waals surface area contributed by atoms with Gasteiger partial charge in [-0.2, -0.15) is 0 Å². The van der Waals surface area contributed by atoms with Crippen LogP contribution in [-0.4, -0.2) is 38.2 Å². The van der Waals surface area contributed by atoms with Gasteiger partial charge in [-0.25, -0.2) is 4.98 Å². The molecule has 0 unspecified atom stereocenters. The highest BCUT2D eigenvalue weighted by molar-refractivity contribution is 5.94. The van der Waals surface area contributed by atoms with E-state index in [1.54, 1.807) is 54.4 Å². The Balaban J connectivity index is 1.84. The van der Waals surface area contributed by atoms with Crippen LogP contribution < -0.4 is 10.9 Å². The third-order valence-corrected chi connectivity index (χ3v) is 4.65. The molecule has 0 fully saturated rings. The number of amides is 1. The van der Waals surface area contributed by atoms with Gasteiger partial charge in [0.1, 0.15) is 5.65 Å². The number of hydrogen-bond acceptors (Lipinski definition) is 6. The lowest BCUT2D eigenvalue weighted by Gasteiger charge is -2.21. The maximum atomic E-state index is 12.4. The maximum Gasteiger partial charge on any atom is 0.376 e. The highest BCUT2D eigenvalue weighted by Crippen LogP contribution is 2.19. The molecule has 2 heterocycles. The fourth-order valence-electron chi connectivity index (χ4n) is 2.76. The number of nitro groups is 1. The summed E-state index contributed by atoms with van der Waals surface area (Å²) in [4.78, 5) is 41.3. The molecule has 0 aliphatic rings. The van der Waals surface area contributed by atoms with Crippen molar-refractivity contribution in [1.29, 1.82) is 0 Å². The molecule has 0 bridgehead atoms. The van der Waals surface area contributed by atoms with Crippen LogP contribution in [0.5, 0.6) is 0 Å². The number of carbonyl (C=O) groups is 1. The molecule has 3 rings (SSSR count). The highest BCUT2D eigenvalue weighted by Gasteiger charge is 2.23. The molecule has 0 saturated carbocycles. The largest absolute Gasteiger partial charge is 0.376 e. The van der Waals surface area contributed by atoms with Gasteiger partial charge < -0.3 is 10.2 Å². The van der Waals surface area contributed by atoms with Gasteiger partial charge in [-0.15, -0.1) is 0 Å². The van der Waals surface area contributed by atoms with Gasteiger partial charge in [0.25, 0.3) is 5.91 Å². The van der Waals surface area contributed by atoms with Crippen LogP contribution in [-0.2, 0) is 6.54 Å². The number of anilines is 1. The Hall–Kier alpha value is -3.75. The first-order valence-corrected chi connectivity index (χ1v) is 9.05. The van der Waals surface area contributed by atoms with E-state index in [1.165, 1.54) is 6.20 Å². The predicted octanol–water partition coefficient (Wildman–Crippen LogP) is 2.70. The number of hydrogen-bond donors (Lipinski definition) is 1. The zero-order chi connectivity index (χ0) is 21.1. The normalized spacial score (nSPS) is 10.9. The minimum absolute atomic E-state index is 0.0839. The molecule has 0 saturated heterocycles. The third-order valence-electron chi connectivity index (χ3n) is 4.65. The predicted molar refractivity (Wildman–Crippen MR) is 109 cm³/mol. The van der Waals surface area contributed by atoms with Gasteiger partial charge in [0, 0.05) is 31.4 Å². The average molecular weight is 395 g/mol. The molecule has 1 amide bonds. The van der Waals surface area contributed by atoms with E-state index in [-0.39, 0.29) is 24.3 Å². The number of benzene rings is 1. The fraction of sp³-hybridized carbons (Fsp3) is 0.250. The van der Waals surface area contributed by atoms with Crippen LogP contribution in [0.3, 0.4) is 0 Å². The third kappa shape index (κ3) is 4.08. The number of aromatic nitrogens is 2. The van der Waals surface area contributed by atoms with Crippen molar-refractivity contribution < 1.29 is 9.72 Å². The summed E-state index contributed by atoms with van der Waals surface area (Å²) in [6.07, 6.45) is 1.44. The van der Waals surface area contributed by atoms with E-state index in [4.69, 9.17) is 0 Å². The molecule has 3 aromatic rings. The number of nitrogens with one attached hydrogen (secondary N) is 1. The molecule has 0 atom stereocenters. The molecule has 1 N–H and O–H groups in total. The Morgan fingerprint density at radius 1 is 1.24 bits per heavy atom. The van der Waals surface area contributed by atoms with E-state index >= 15 is 0 Å². The SMILES string of the molecule is CC(C)N(C)C(=O)c1ccc(CNc2nc3ccccn3c(=O)c2[N+](=O)[O-])cc1. The Bertz CT molecular complexity index is 1120. The van der Waals surface area contributed by atoms with Crippen molar-refractivity contribution in [3.8, 4) is 0 Å². The van der Waals surface area contributed by atoms with Crippen LogP contribution in [0, 0.1) is 10.1 Å². The molecule has 0 aliphatic carbocycles. The molecule has 9 nitrogen and oxygen atoms in total. The summed E-state index contributed by atoms with van der Waals surface area (Å²) in [5.74, 6) is -0.176. The molecule has 29 heavy (non-hydrogen) atoms. The fourth-order valence-corrected chi connectivity index (χ4v) is 2.76. The van der Waals surface area contributed by atoms with Gasteiger partial charge in [-0.3, -0.25) is 24.1 Å². The van der Waals surface area contributed by atoms with Crippen LogP contribution >= 0.6 is 0 Å². The number of fused-ring (bicyclic) bond motifs is 1. The quantitative estimate of drug-likeness (QED) is 0.508. The second-order valence-electron chi connectivity index (χ2n) is 6.86. The summed E-state index contributed by atoms with van der Waals surface area (Å²) in [5, 5.41) is 14.3. The minimum atomic E-state index is -0.749. The summed E-state index contributed by atoms with van der Waals surface area (Å²) in [7, 11) is 1.74. The van der Waals surface area contributed by atoms with Crippen LogP contribution in [0.2, 0.25) is 0 Å². The summed E-state index contributed by atoms with van der Waals surface area (Å²) in [6.45, 7) is 4.08. The van der Waals surface area contributed by atoms with E-state index in [0.717, 1.165) is 9.96 Å². The zero-order valence-electron chi connectivity index (χ0n) is 16.3. The molecule has 2 aromatic heterocycles. The van der Waals surface area contributed by atoms with Crippen LogP contribution in [0.25, 0.3) is 5.65 Å². The van der Waals surface area contributed by atoms with Crippen molar-refractivity contribution in [2.24, 2.45) is 0 Å². The Morgan fingerprint density at radius 3 is 2.55 bits per heavy atom. The molecule has 1 aromatic carbocycles. The first-order valence-electron chi connectivity index (χ1n) is 9.05. The number of nitrogens with zero attached hydrogens (tertiary/aromatic N) is 4. The highest BCUT2D eigenvalue weighted by atomic mass is 16.6. The molecule has 0 radical (unpaired) electrons. The van der Waals surface area contributed by atoms with E-state index in [0.29, 0.717) is 11.2 Å². The topological polar surface area (TPSA) is 110 Å². The number of pyridine rings is 1.